The van der Waals surface area contributed by atoms with Crippen LogP contribution in [-0.4, -0.2) is 29.7 Å². The van der Waals surface area contributed by atoms with E-state index in [0.717, 1.165) is 37.1 Å². The highest BCUT2D eigenvalue weighted by molar-refractivity contribution is 7.80. The maximum absolute atomic E-state index is 5.62. The van der Waals surface area contributed by atoms with Crippen LogP contribution in [-0.2, 0) is 5.41 Å². The van der Waals surface area contributed by atoms with Gasteiger partial charge in [0.15, 0.2) is 5.11 Å². The maximum atomic E-state index is 5.62. The Labute approximate surface area is 186 Å². The molecule has 5 heteroatoms. The Morgan fingerprint density at radius 3 is 2.60 bits per heavy atom. The third-order valence-corrected chi connectivity index (χ3v) is 7.02. The average Bonchev–Trinajstić information content (AvgIpc) is 2.79. The number of pyridine rings is 1. The van der Waals surface area contributed by atoms with Crippen LogP contribution in [0.1, 0.15) is 57.4 Å². The molecule has 1 unspecified atom stereocenters. The maximum Gasteiger partial charge on any atom is 0.170 e. The van der Waals surface area contributed by atoms with Gasteiger partial charge in [-0.25, -0.2) is 4.98 Å². The predicted octanol–water partition coefficient (Wildman–Crippen LogP) is 5.51. The minimum absolute atomic E-state index is 0.179. The zero-order valence-corrected chi connectivity index (χ0v) is 18.9. The lowest BCUT2D eigenvalue weighted by Crippen LogP contribution is -2.43. The fourth-order valence-electron chi connectivity index (χ4n) is 5.06. The van der Waals surface area contributed by atoms with Crippen LogP contribution in [0.4, 0.5) is 11.5 Å². The monoisotopic (exact) mass is 422 g/mol. The van der Waals surface area contributed by atoms with Crippen LogP contribution in [0.25, 0.3) is 0 Å². The van der Waals surface area contributed by atoms with Crippen LogP contribution in [0, 0.1) is 5.92 Å². The Hall–Kier alpha value is -2.14. The normalized spacial score (nSPS) is 21.1. The van der Waals surface area contributed by atoms with Gasteiger partial charge in [-0.3, -0.25) is 0 Å². The van der Waals surface area contributed by atoms with Crippen LogP contribution in [0.3, 0.4) is 0 Å². The number of anilines is 2. The quantitative estimate of drug-likeness (QED) is 0.622. The second kappa shape index (κ2) is 9.78. The zero-order chi connectivity index (χ0) is 20.8. The Balaban J connectivity index is 1.35. The molecule has 4 nitrogen and oxygen atoms in total. The summed E-state index contributed by atoms with van der Waals surface area (Å²) in [5.74, 6) is 1.81. The van der Waals surface area contributed by atoms with Crippen LogP contribution in [0.5, 0.6) is 0 Å². The van der Waals surface area contributed by atoms with Crippen LogP contribution in [0.15, 0.2) is 48.7 Å². The zero-order valence-electron chi connectivity index (χ0n) is 18.1. The Bertz CT molecular complexity index is 815. The molecule has 1 aliphatic heterocycles. The molecule has 0 radical (unpaired) electrons. The summed E-state index contributed by atoms with van der Waals surface area (Å²) in [6.45, 7) is 5.40. The first kappa shape index (κ1) is 21.1. The molecule has 2 heterocycles. The van der Waals surface area contributed by atoms with Gasteiger partial charge in [0.25, 0.3) is 0 Å². The second-order valence-corrected chi connectivity index (χ2v) is 9.52. The van der Waals surface area contributed by atoms with Gasteiger partial charge in [-0.05, 0) is 61.5 Å². The number of benzene rings is 1. The first-order chi connectivity index (χ1) is 14.6. The number of nitrogens with zero attached hydrogens (tertiary/aromatic N) is 2. The van der Waals surface area contributed by atoms with Crippen molar-refractivity contribution in [3.63, 3.8) is 0 Å². The van der Waals surface area contributed by atoms with Gasteiger partial charge in [0, 0.05) is 25.0 Å². The molecular formula is C25H34N4S. The van der Waals surface area contributed by atoms with Crippen LogP contribution < -0.4 is 15.5 Å². The molecule has 1 saturated carbocycles. The molecule has 2 aliphatic rings. The number of hydrogen-bond donors (Lipinski definition) is 2. The van der Waals surface area contributed by atoms with Crippen molar-refractivity contribution >= 4 is 28.8 Å². The molecule has 1 atom stereocenters. The number of nitrogens with one attached hydrogen (secondary N) is 2. The molecule has 30 heavy (non-hydrogen) atoms. The van der Waals surface area contributed by atoms with Crippen molar-refractivity contribution in [3.8, 4) is 0 Å². The van der Waals surface area contributed by atoms with Crippen molar-refractivity contribution in [2.24, 2.45) is 5.92 Å². The fourth-order valence-corrected chi connectivity index (χ4v) is 5.25. The van der Waals surface area contributed by atoms with E-state index in [1.807, 2.05) is 6.20 Å². The molecule has 0 bridgehead atoms. The van der Waals surface area contributed by atoms with E-state index >= 15 is 0 Å². The third-order valence-electron chi connectivity index (χ3n) is 6.77. The minimum atomic E-state index is 0.179. The molecule has 2 N–H and O–H groups in total. The molecule has 1 aliphatic carbocycles. The Morgan fingerprint density at radius 1 is 1.10 bits per heavy atom. The molecule has 160 valence electrons. The highest BCUT2D eigenvalue weighted by atomic mass is 32.1. The number of hydrogen-bond acceptors (Lipinski definition) is 3. The number of rotatable bonds is 5. The molecule has 1 aromatic heterocycles. The van der Waals surface area contributed by atoms with Gasteiger partial charge in [0.05, 0.1) is 11.9 Å². The average molecular weight is 423 g/mol. The predicted molar refractivity (Wildman–Crippen MR) is 130 cm³/mol. The van der Waals surface area contributed by atoms with Crippen molar-refractivity contribution in [1.29, 1.82) is 0 Å². The summed E-state index contributed by atoms with van der Waals surface area (Å²) in [5.41, 5.74) is 2.55. The van der Waals surface area contributed by atoms with E-state index in [4.69, 9.17) is 12.2 Å². The van der Waals surface area contributed by atoms with Gasteiger partial charge in [-0.2, -0.15) is 0 Å². The van der Waals surface area contributed by atoms with Crippen LogP contribution in [0.2, 0.25) is 0 Å². The molecule has 1 saturated heterocycles. The lowest BCUT2D eigenvalue weighted by Gasteiger charge is -2.38. The van der Waals surface area contributed by atoms with Gasteiger partial charge >= 0.3 is 0 Å². The van der Waals surface area contributed by atoms with Crippen LogP contribution >= 0.6 is 12.2 Å². The third kappa shape index (κ3) is 5.12. The van der Waals surface area contributed by atoms with Crippen molar-refractivity contribution in [3.05, 3.63) is 54.2 Å². The first-order valence-electron chi connectivity index (χ1n) is 11.5. The summed E-state index contributed by atoms with van der Waals surface area (Å²) in [5, 5.41) is 7.51. The van der Waals surface area contributed by atoms with E-state index in [2.05, 4.69) is 69.9 Å². The fraction of sp³-hybridized carbons (Fsp3) is 0.520. The Morgan fingerprint density at radius 2 is 1.90 bits per heavy atom. The van der Waals surface area contributed by atoms with Crippen molar-refractivity contribution < 1.29 is 0 Å². The smallest absolute Gasteiger partial charge is 0.170 e. The standard InChI is InChI=1S/C25H34N4S/c1-20-9-8-16-29(18-20)23-13-12-22(17-26-23)28-24(30)27-19-25(14-6-3-7-15-25)21-10-4-2-5-11-21/h2,4-5,10-13,17,20H,3,6-9,14-16,18-19H2,1H3,(H2,27,28,30). The molecule has 1 aromatic carbocycles. The van der Waals surface area contributed by atoms with Gasteiger partial charge in [-0.1, -0.05) is 56.5 Å². The Kier molecular flexibility index (Phi) is 6.88. The highest BCUT2D eigenvalue weighted by Gasteiger charge is 2.33. The molecule has 2 aromatic rings. The van der Waals surface area contributed by atoms with E-state index in [1.165, 1.54) is 50.5 Å². The summed E-state index contributed by atoms with van der Waals surface area (Å²) in [6, 6.07) is 15.1. The summed E-state index contributed by atoms with van der Waals surface area (Å²) in [7, 11) is 0. The number of piperidine rings is 1. The lowest BCUT2D eigenvalue weighted by molar-refractivity contribution is 0.292. The van der Waals surface area contributed by atoms with Gasteiger partial charge in [0.2, 0.25) is 0 Å². The summed E-state index contributed by atoms with van der Waals surface area (Å²) < 4.78 is 0. The van der Waals surface area contributed by atoms with Gasteiger partial charge in [-0.15, -0.1) is 0 Å². The van der Waals surface area contributed by atoms with Gasteiger partial charge in [0.1, 0.15) is 5.82 Å². The van der Waals surface area contributed by atoms with E-state index in [-0.39, 0.29) is 5.41 Å². The summed E-state index contributed by atoms with van der Waals surface area (Å²) in [6.07, 6.45) is 10.8. The second-order valence-electron chi connectivity index (χ2n) is 9.11. The van der Waals surface area contributed by atoms with E-state index < -0.39 is 0 Å². The largest absolute Gasteiger partial charge is 0.362 e. The van der Waals surface area contributed by atoms with E-state index in [9.17, 15) is 0 Å². The molecule has 0 spiro atoms. The summed E-state index contributed by atoms with van der Waals surface area (Å²) in [4.78, 5) is 7.07. The van der Waals surface area contributed by atoms with E-state index in [1.54, 1.807) is 0 Å². The van der Waals surface area contributed by atoms with Crippen molar-refractivity contribution in [2.75, 3.05) is 29.9 Å². The lowest BCUT2D eigenvalue weighted by atomic mass is 9.69. The highest BCUT2D eigenvalue weighted by Crippen LogP contribution is 2.38. The molecule has 2 fully saturated rings. The number of thiocarbonyl (C=S) groups is 1. The summed E-state index contributed by atoms with van der Waals surface area (Å²) >= 11 is 5.62. The SMILES string of the molecule is CC1CCCN(c2ccc(NC(=S)NCC3(c4ccccc4)CCCCC3)cn2)C1. The minimum Gasteiger partial charge on any atom is -0.362 e. The first-order valence-corrected chi connectivity index (χ1v) is 11.9. The number of aromatic nitrogens is 1. The molecule has 4 rings (SSSR count). The van der Waals surface area contributed by atoms with Crippen molar-refractivity contribution in [1.82, 2.24) is 10.3 Å². The topological polar surface area (TPSA) is 40.2 Å². The molecular weight excluding hydrogens is 388 g/mol. The van der Waals surface area contributed by atoms with Gasteiger partial charge < -0.3 is 15.5 Å². The van der Waals surface area contributed by atoms with E-state index in [0.29, 0.717) is 5.11 Å². The van der Waals surface area contributed by atoms with Crippen molar-refractivity contribution in [2.45, 2.75) is 57.3 Å². The molecule has 0 amide bonds.